The van der Waals surface area contributed by atoms with Crippen LogP contribution in [0.5, 0.6) is 0 Å². The second-order valence-electron chi connectivity index (χ2n) is 10.0. The predicted molar refractivity (Wildman–Crippen MR) is 142 cm³/mol. The highest BCUT2D eigenvalue weighted by molar-refractivity contribution is 5.96. The summed E-state index contributed by atoms with van der Waals surface area (Å²) in [5.74, 6) is -0.987. The Morgan fingerprint density at radius 2 is 1.41 bits per heavy atom. The minimum atomic E-state index is -0.983. The molecule has 1 atom stereocenters. The fraction of sp³-hybridized carbons (Fsp3) is 0.300. The molecule has 0 heterocycles. The van der Waals surface area contributed by atoms with Gasteiger partial charge in [0.1, 0.15) is 18.2 Å². The number of rotatable bonds is 8. The third kappa shape index (κ3) is 6.76. The number of hydrogen-bond donors (Lipinski definition) is 2. The quantitative estimate of drug-likeness (QED) is 0.390. The second-order valence-corrected chi connectivity index (χ2v) is 10.0. The van der Waals surface area contributed by atoms with Gasteiger partial charge in [-0.2, -0.15) is 0 Å². The molecule has 0 unspecified atom stereocenters. The molecule has 0 bridgehead atoms. The molecule has 1 aliphatic rings. The fourth-order valence-corrected chi connectivity index (χ4v) is 4.46. The van der Waals surface area contributed by atoms with Crippen molar-refractivity contribution in [1.82, 2.24) is 5.32 Å². The number of carbonyl (C=O) groups is 3. The zero-order valence-corrected chi connectivity index (χ0v) is 21.3. The van der Waals surface area contributed by atoms with E-state index >= 15 is 0 Å². The van der Waals surface area contributed by atoms with E-state index in [-0.39, 0.29) is 25.4 Å². The van der Waals surface area contributed by atoms with Gasteiger partial charge in [0.25, 0.3) is 0 Å². The Morgan fingerprint density at radius 3 is 2.00 bits per heavy atom. The number of amides is 2. The molecule has 0 fully saturated rings. The van der Waals surface area contributed by atoms with Crippen LogP contribution in [0.25, 0.3) is 11.1 Å². The highest BCUT2D eigenvalue weighted by Crippen LogP contribution is 2.44. The van der Waals surface area contributed by atoms with Crippen LogP contribution < -0.4 is 10.6 Å². The molecule has 2 N–H and O–H groups in total. The summed E-state index contributed by atoms with van der Waals surface area (Å²) in [5, 5.41) is 5.43. The molecule has 192 valence electrons. The van der Waals surface area contributed by atoms with E-state index in [2.05, 4.69) is 22.8 Å². The summed E-state index contributed by atoms with van der Waals surface area (Å²) in [7, 11) is 0. The molecular formula is C30H32N2O5. The highest BCUT2D eigenvalue weighted by atomic mass is 16.6. The first-order valence-corrected chi connectivity index (χ1v) is 12.4. The Morgan fingerprint density at radius 1 is 0.838 bits per heavy atom. The summed E-state index contributed by atoms with van der Waals surface area (Å²) in [6.07, 6.45) is -0.690. The largest absolute Gasteiger partial charge is 0.460 e. The van der Waals surface area contributed by atoms with Crippen molar-refractivity contribution in [1.29, 1.82) is 0 Å². The number of ether oxygens (including phenoxy) is 2. The van der Waals surface area contributed by atoms with E-state index in [1.807, 2.05) is 42.5 Å². The summed E-state index contributed by atoms with van der Waals surface area (Å²) in [6, 6.07) is 24.1. The van der Waals surface area contributed by atoms with Gasteiger partial charge in [0.05, 0.1) is 0 Å². The lowest BCUT2D eigenvalue weighted by Gasteiger charge is -2.22. The summed E-state index contributed by atoms with van der Waals surface area (Å²) < 4.78 is 11.0. The van der Waals surface area contributed by atoms with Crippen molar-refractivity contribution in [3.05, 3.63) is 90.0 Å². The molecule has 0 aliphatic heterocycles. The van der Waals surface area contributed by atoms with Crippen LogP contribution in [-0.4, -0.2) is 36.2 Å². The molecule has 0 spiro atoms. The molecule has 0 aromatic heterocycles. The molecule has 1 aliphatic carbocycles. The fourth-order valence-electron chi connectivity index (χ4n) is 4.46. The SMILES string of the molecule is CC(C)(C)OC(=O)CC[C@H](NC(=O)OCC1c2ccccc2-c2ccccc21)C(=O)Nc1ccccc1. The Labute approximate surface area is 217 Å². The molecule has 0 saturated carbocycles. The molecule has 3 aromatic rings. The molecular weight excluding hydrogens is 468 g/mol. The summed E-state index contributed by atoms with van der Waals surface area (Å²) >= 11 is 0. The predicted octanol–water partition coefficient (Wildman–Crippen LogP) is 5.65. The topological polar surface area (TPSA) is 93.7 Å². The van der Waals surface area contributed by atoms with E-state index < -0.39 is 29.6 Å². The minimum Gasteiger partial charge on any atom is -0.460 e. The van der Waals surface area contributed by atoms with E-state index in [1.54, 1.807) is 45.0 Å². The number of esters is 1. The maximum atomic E-state index is 13.0. The van der Waals surface area contributed by atoms with Crippen molar-refractivity contribution in [2.45, 2.75) is 51.2 Å². The molecule has 0 radical (unpaired) electrons. The second kappa shape index (κ2) is 11.3. The third-order valence-electron chi connectivity index (χ3n) is 6.05. The molecule has 7 nitrogen and oxygen atoms in total. The minimum absolute atomic E-state index is 0.0339. The first-order chi connectivity index (χ1) is 17.7. The highest BCUT2D eigenvalue weighted by Gasteiger charge is 2.30. The maximum absolute atomic E-state index is 13.0. The number of nitrogens with one attached hydrogen (secondary N) is 2. The number of benzene rings is 3. The van der Waals surface area contributed by atoms with Crippen LogP contribution >= 0.6 is 0 Å². The van der Waals surface area contributed by atoms with Crippen LogP contribution in [-0.2, 0) is 19.1 Å². The maximum Gasteiger partial charge on any atom is 0.407 e. The molecule has 2 amide bonds. The number of fused-ring (bicyclic) bond motifs is 3. The lowest BCUT2D eigenvalue weighted by Crippen LogP contribution is -2.44. The van der Waals surface area contributed by atoms with Gasteiger partial charge in [-0.25, -0.2) is 4.79 Å². The number of carbonyl (C=O) groups excluding carboxylic acids is 3. The van der Waals surface area contributed by atoms with E-state index in [0.29, 0.717) is 5.69 Å². The molecule has 7 heteroatoms. The average molecular weight is 501 g/mol. The van der Waals surface area contributed by atoms with E-state index in [9.17, 15) is 14.4 Å². The molecule has 4 rings (SSSR count). The summed E-state index contributed by atoms with van der Waals surface area (Å²) in [6.45, 7) is 5.46. The smallest absolute Gasteiger partial charge is 0.407 e. The van der Waals surface area contributed by atoms with Crippen molar-refractivity contribution in [3.8, 4) is 11.1 Å². The van der Waals surface area contributed by atoms with Gasteiger partial charge in [-0.3, -0.25) is 9.59 Å². The van der Waals surface area contributed by atoms with Gasteiger partial charge in [-0.15, -0.1) is 0 Å². The first kappa shape index (κ1) is 25.9. The van der Waals surface area contributed by atoms with Crippen LogP contribution in [0.2, 0.25) is 0 Å². The summed E-state index contributed by atoms with van der Waals surface area (Å²) in [4.78, 5) is 38.1. The van der Waals surface area contributed by atoms with Crippen LogP contribution in [0.4, 0.5) is 10.5 Å². The normalized spacial score (nSPS) is 13.2. The van der Waals surface area contributed by atoms with E-state index in [4.69, 9.17) is 9.47 Å². The van der Waals surface area contributed by atoms with Crippen molar-refractivity contribution >= 4 is 23.7 Å². The van der Waals surface area contributed by atoms with Gasteiger partial charge >= 0.3 is 12.1 Å². The van der Waals surface area contributed by atoms with Crippen molar-refractivity contribution in [2.75, 3.05) is 11.9 Å². The molecule has 3 aromatic carbocycles. The molecule has 37 heavy (non-hydrogen) atoms. The number of para-hydroxylation sites is 1. The van der Waals surface area contributed by atoms with Crippen molar-refractivity contribution < 1.29 is 23.9 Å². The van der Waals surface area contributed by atoms with Gasteiger partial charge < -0.3 is 20.1 Å². The first-order valence-electron chi connectivity index (χ1n) is 12.4. The van der Waals surface area contributed by atoms with E-state index in [0.717, 1.165) is 22.3 Å². The lowest BCUT2D eigenvalue weighted by molar-refractivity contribution is -0.155. The number of hydrogen-bond acceptors (Lipinski definition) is 5. The Balaban J connectivity index is 1.42. The van der Waals surface area contributed by atoms with Gasteiger partial charge in [-0.1, -0.05) is 66.7 Å². The van der Waals surface area contributed by atoms with Crippen LogP contribution in [0, 0.1) is 0 Å². The Kier molecular flexibility index (Phi) is 7.92. The lowest BCUT2D eigenvalue weighted by atomic mass is 9.98. The van der Waals surface area contributed by atoms with Gasteiger partial charge in [-0.05, 0) is 61.6 Å². The van der Waals surface area contributed by atoms with Crippen molar-refractivity contribution in [2.24, 2.45) is 0 Å². The monoisotopic (exact) mass is 500 g/mol. The van der Waals surface area contributed by atoms with Crippen LogP contribution in [0.15, 0.2) is 78.9 Å². The zero-order valence-electron chi connectivity index (χ0n) is 21.3. The average Bonchev–Trinajstić information content (AvgIpc) is 3.18. The van der Waals surface area contributed by atoms with E-state index in [1.165, 1.54) is 0 Å². The Hall–Kier alpha value is -4.13. The van der Waals surface area contributed by atoms with Gasteiger partial charge in [0.2, 0.25) is 5.91 Å². The zero-order chi connectivity index (χ0) is 26.4. The molecule has 0 saturated heterocycles. The summed E-state index contributed by atoms with van der Waals surface area (Å²) in [5.41, 5.74) is 4.40. The number of alkyl carbamates (subject to hydrolysis) is 1. The van der Waals surface area contributed by atoms with Crippen LogP contribution in [0.3, 0.4) is 0 Å². The van der Waals surface area contributed by atoms with Crippen LogP contribution in [0.1, 0.15) is 50.7 Å². The number of anilines is 1. The van der Waals surface area contributed by atoms with Gasteiger partial charge in [0, 0.05) is 18.0 Å². The Bertz CT molecular complexity index is 1220. The van der Waals surface area contributed by atoms with Crippen molar-refractivity contribution in [3.63, 3.8) is 0 Å². The van der Waals surface area contributed by atoms with Gasteiger partial charge in [0.15, 0.2) is 0 Å². The standard InChI is InChI=1S/C30H32N2O5/c1-30(2,3)37-27(33)18-17-26(28(34)31-20-11-5-4-6-12-20)32-29(35)36-19-25-23-15-9-7-13-21(23)22-14-8-10-16-24(22)25/h4-16,25-26H,17-19H2,1-3H3,(H,31,34)(H,32,35)/t26-/m0/s1. The third-order valence-corrected chi connectivity index (χ3v) is 6.05.